The molecule has 4 rings (SSSR count). The van der Waals surface area contributed by atoms with Crippen LogP contribution in [0.3, 0.4) is 0 Å². The lowest BCUT2D eigenvalue weighted by Gasteiger charge is -2.46. The highest BCUT2D eigenvalue weighted by molar-refractivity contribution is 5.92. The van der Waals surface area contributed by atoms with Crippen molar-refractivity contribution in [2.45, 2.75) is 44.3 Å². The van der Waals surface area contributed by atoms with Crippen molar-refractivity contribution in [3.63, 3.8) is 0 Å². The summed E-state index contributed by atoms with van der Waals surface area (Å²) in [5.41, 5.74) is 1.21. The highest BCUT2D eigenvalue weighted by Crippen LogP contribution is 2.36. The number of hydrogen-bond acceptors (Lipinski definition) is 6. The van der Waals surface area contributed by atoms with Crippen LogP contribution in [0.15, 0.2) is 6.07 Å². The summed E-state index contributed by atoms with van der Waals surface area (Å²) in [5.74, 6) is 0.0541. The first-order valence-corrected chi connectivity index (χ1v) is 10.9. The zero-order valence-electron chi connectivity index (χ0n) is 18.0. The lowest BCUT2D eigenvalue weighted by molar-refractivity contribution is -0.163. The second-order valence-electron chi connectivity index (χ2n) is 8.54. The van der Waals surface area contributed by atoms with Crippen LogP contribution in [0, 0.1) is 6.92 Å². The van der Waals surface area contributed by atoms with Crippen molar-refractivity contribution < 1.29 is 23.8 Å². The van der Waals surface area contributed by atoms with Gasteiger partial charge in [0, 0.05) is 46.3 Å². The smallest absolute Gasteiger partial charge is 0.272 e. The number of hydrogen-bond donors (Lipinski definition) is 0. The van der Waals surface area contributed by atoms with Crippen molar-refractivity contribution in [2.24, 2.45) is 7.05 Å². The Bertz CT molecular complexity index is 765. The molecule has 30 heavy (non-hydrogen) atoms. The summed E-state index contributed by atoms with van der Waals surface area (Å²) < 4.78 is 19.1. The zero-order valence-corrected chi connectivity index (χ0v) is 18.0. The molecule has 1 unspecified atom stereocenters. The van der Waals surface area contributed by atoms with Gasteiger partial charge in [-0.15, -0.1) is 0 Å². The largest absolute Gasteiger partial charge is 0.378 e. The summed E-state index contributed by atoms with van der Waals surface area (Å²) in [6, 6.07) is 1.83. The van der Waals surface area contributed by atoms with E-state index >= 15 is 0 Å². The van der Waals surface area contributed by atoms with Gasteiger partial charge in [0.25, 0.3) is 5.91 Å². The van der Waals surface area contributed by atoms with Crippen molar-refractivity contribution >= 4 is 11.8 Å². The van der Waals surface area contributed by atoms with E-state index in [1.165, 1.54) is 0 Å². The average Bonchev–Trinajstić information content (AvgIpc) is 3.11. The lowest BCUT2D eigenvalue weighted by Crippen LogP contribution is -2.52. The summed E-state index contributed by atoms with van der Waals surface area (Å²) in [6.45, 7) is 6.42. The molecule has 3 aliphatic rings. The maximum atomic E-state index is 12.8. The molecule has 4 heterocycles. The van der Waals surface area contributed by atoms with Gasteiger partial charge >= 0.3 is 0 Å². The summed E-state index contributed by atoms with van der Waals surface area (Å²) in [7, 11) is 1.80. The van der Waals surface area contributed by atoms with Crippen LogP contribution in [0.4, 0.5) is 0 Å². The predicted octanol–water partition coefficient (Wildman–Crippen LogP) is 0.758. The molecule has 9 nitrogen and oxygen atoms in total. The number of piperidine rings is 1. The first-order valence-electron chi connectivity index (χ1n) is 10.9. The molecule has 0 radical (unpaired) electrons. The first kappa shape index (κ1) is 21.3. The fourth-order valence-electron chi connectivity index (χ4n) is 4.66. The van der Waals surface area contributed by atoms with Crippen LogP contribution < -0.4 is 0 Å². The first-order chi connectivity index (χ1) is 14.5. The van der Waals surface area contributed by atoms with E-state index in [1.54, 1.807) is 11.7 Å². The monoisotopic (exact) mass is 420 g/mol. The van der Waals surface area contributed by atoms with Crippen molar-refractivity contribution in [3.05, 3.63) is 17.5 Å². The molecule has 1 atom stereocenters. The molecule has 1 aromatic rings. The van der Waals surface area contributed by atoms with E-state index in [9.17, 15) is 9.59 Å². The van der Waals surface area contributed by atoms with Crippen molar-refractivity contribution in [1.29, 1.82) is 0 Å². The zero-order chi connectivity index (χ0) is 21.1. The topological polar surface area (TPSA) is 86.1 Å². The quantitative estimate of drug-likeness (QED) is 0.715. The van der Waals surface area contributed by atoms with Crippen LogP contribution in [-0.4, -0.2) is 95.7 Å². The molecule has 3 saturated heterocycles. The minimum absolute atomic E-state index is 0.0192. The van der Waals surface area contributed by atoms with Crippen molar-refractivity contribution in [1.82, 2.24) is 19.6 Å². The number of likely N-dealkylation sites (tertiary alicyclic amines) is 1. The Kier molecular flexibility index (Phi) is 6.40. The maximum Gasteiger partial charge on any atom is 0.272 e. The van der Waals surface area contributed by atoms with E-state index in [-0.39, 0.29) is 30.1 Å². The van der Waals surface area contributed by atoms with Crippen LogP contribution in [0.25, 0.3) is 0 Å². The molecule has 0 aliphatic carbocycles. The Morgan fingerprint density at radius 1 is 1.17 bits per heavy atom. The molecular weight excluding hydrogens is 388 g/mol. The molecule has 0 aromatic carbocycles. The fraction of sp³-hybridized carbons (Fsp3) is 0.762. The molecule has 9 heteroatoms. The van der Waals surface area contributed by atoms with Gasteiger partial charge in [-0.05, 0) is 32.3 Å². The van der Waals surface area contributed by atoms with Gasteiger partial charge in [-0.2, -0.15) is 5.10 Å². The molecule has 0 saturated carbocycles. The average molecular weight is 421 g/mol. The summed E-state index contributed by atoms with van der Waals surface area (Å²) >= 11 is 0. The molecule has 1 spiro atoms. The van der Waals surface area contributed by atoms with Gasteiger partial charge in [0.05, 0.1) is 30.6 Å². The van der Waals surface area contributed by atoms with Crippen LogP contribution >= 0.6 is 0 Å². The summed E-state index contributed by atoms with van der Waals surface area (Å²) in [6.07, 6.45) is 3.16. The number of carbonyl (C=O) groups excluding carboxylic acids is 2. The molecule has 3 fully saturated rings. The normalized spacial score (nSPS) is 24.3. The number of morpholine rings is 1. The summed E-state index contributed by atoms with van der Waals surface area (Å²) in [4.78, 5) is 28.9. The van der Waals surface area contributed by atoms with E-state index in [4.69, 9.17) is 14.2 Å². The van der Waals surface area contributed by atoms with Gasteiger partial charge in [0.1, 0.15) is 12.3 Å². The standard InChI is InChI=1S/C21H32N4O5/c1-16-13-18(23(2)22-16)20(27)25-6-4-21(5-7-25)14-17(3-10-30-21)29-15-19(26)24-8-11-28-12-9-24/h13,17H,3-12,14-15H2,1-2H3. The Morgan fingerprint density at radius 3 is 2.57 bits per heavy atom. The van der Waals surface area contributed by atoms with Gasteiger partial charge in [-0.3, -0.25) is 14.3 Å². The van der Waals surface area contributed by atoms with Gasteiger partial charge in [-0.1, -0.05) is 0 Å². The molecule has 166 valence electrons. The van der Waals surface area contributed by atoms with E-state index < -0.39 is 0 Å². The fourth-order valence-corrected chi connectivity index (χ4v) is 4.66. The number of carbonyl (C=O) groups is 2. The second kappa shape index (κ2) is 9.03. The van der Waals surface area contributed by atoms with Gasteiger partial charge in [-0.25, -0.2) is 0 Å². The number of rotatable bonds is 4. The van der Waals surface area contributed by atoms with Crippen LogP contribution in [0.5, 0.6) is 0 Å². The van der Waals surface area contributed by atoms with Crippen molar-refractivity contribution in [3.8, 4) is 0 Å². The number of aryl methyl sites for hydroxylation is 2. The van der Waals surface area contributed by atoms with Gasteiger partial charge < -0.3 is 24.0 Å². The Labute approximate surface area is 177 Å². The van der Waals surface area contributed by atoms with Crippen LogP contribution in [0.1, 0.15) is 41.9 Å². The lowest BCUT2D eigenvalue weighted by atomic mass is 9.83. The number of aromatic nitrogens is 2. The van der Waals surface area contributed by atoms with E-state index in [2.05, 4.69) is 5.10 Å². The number of nitrogens with zero attached hydrogens (tertiary/aromatic N) is 4. The maximum absolute atomic E-state index is 12.8. The van der Waals surface area contributed by atoms with E-state index in [0.717, 1.165) is 31.4 Å². The van der Waals surface area contributed by atoms with E-state index in [1.807, 2.05) is 22.8 Å². The van der Waals surface area contributed by atoms with Crippen LogP contribution in [0.2, 0.25) is 0 Å². The molecule has 3 aliphatic heterocycles. The number of ether oxygens (including phenoxy) is 3. The Hall–Kier alpha value is -1.97. The van der Waals surface area contributed by atoms with E-state index in [0.29, 0.717) is 51.7 Å². The Balaban J connectivity index is 1.27. The molecule has 2 amide bonds. The highest BCUT2D eigenvalue weighted by Gasteiger charge is 2.42. The molecule has 0 bridgehead atoms. The predicted molar refractivity (Wildman–Crippen MR) is 108 cm³/mol. The second-order valence-corrected chi connectivity index (χ2v) is 8.54. The highest BCUT2D eigenvalue weighted by atomic mass is 16.5. The molecular formula is C21H32N4O5. The van der Waals surface area contributed by atoms with Crippen molar-refractivity contribution in [2.75, 3.05) is 52.6 Å². The SMILES string of the molecule is Cc1cc(C(=O)N2CCC3(CC2)CC(OCC(=O)N2CCOCC2)CCO3)n(C)n1. The molecule has 1 aromatic heterocycles. The van der Waals surface area contributed by atoms with Gasteiger partial charge in [0.15, 0.2) is 0 Å². The molecule has 0 N–H and O–H groups in total. The van der Waals surface area contributed by atoms with Gasteiger partial charge in [0.2, 0.25) is 5.91 Å². The third-order valence-electron chi connectivity index (χ3n) is 6.44. The number of amides is 2. The third-order valence-corrected chi connectivity index (χ3v) is 6.44. The summed E-state index contributed by atoms with van der Waals surface area (Å²) in [5, 5.41) is 4.28. The minimum Gasteiger partial charge on any atom is -0.378 e. The van der Waals surface area contributed by atoms with Crippen LogP contribution in [-0.2, 0) is 26.1 Å². The third kappa shape index (κ3) is 4.68. The Morgan fingerprint density at radius 2 is 1.90 bits per heavy atom. The minimum atomic E-state index is -0.260.